The van der Waals surface area contributed by atoms with Crippen molar-refractivity contribution in [2.75, 3.05) is 0 Å². The van der Waals surface area contributed by atoms with E-state index in [9.17, 15) is 4.79 Å². The number of allylic oxidation sites excluding steroid dienone is 1. The zero-order valence-electron chi connectivity index (χ0n) is 9.50. The maximum atomic E-state index is 11.7. The summed E-state index contributed by atoms with van der Waals surface area (Å²) in [4.78, 5) is 11.7. The maximum Gasteiger partial charge on any atom is 0.175 e. The Morgan fingerprint density at radius 2 is 2.06 bits per heavy atom. The molecule has 0 saturated heterocycles. The Balaban J connectivity index is 3.17. The molecule has 2 nitrogen and oxygen atoms in total. The summed E-state index contributed by atoms with van der Waals surface area (Å²) in [6, 6.07) is 6.80. The number of carbonyl (C=O) groups is 1. The second-order valence-electron chi connectivity index (χ2n) is 3.85. The number of rotatable bonds is 3. The lowest BCUT2D eigenvalue weighted by molar-refractivity contribution is -0.117. The number of hydrogen-bond acceptors (Lipinski definition) is 2. The van der Waals surface area contributed by atoms with Crippen molar-refractivity contribution < 1.29 is 4.79 Å². The second-order valence-corrected chi connectivity index (χ2v) is 4.70. The van der Waals surface area contributed by atoms with E-state index in [1.807, 2.05) is 6.07 Å². The van der Waals surface area contributed by atoms with Crippen molar-refractivity contribution in [3.63, 3.8) is 0 Å². The summed E-state index contributed by atoms with van der Waals surface area (Å²) in [5.41, 5.74) is 0.714. The van der Waals surface area contributed by atoms with Gasteiger partial charge in [-0.15, -0.1) is 0 Å². The largest absolute Gasteiger partial charge is 0.293 e. The molecule has 0 aliphatic carbocycles. The molecule has 0 aliphatic heterocycles. The van der Waals surface area contributed by atoms with Crippen molar-refractivity contribution in [3.05, 3.63) is 39.4 Å². The molecule has 1 rings (SSSR count). The Hall–Kier alpha value is -1.30. The first-order valence-electron chi connectivity index (χ1n) is 5.06. The molecule has 0 heterocycles. The monoisotopic (exact) mass is 267 g/mol. The Morgan fingerprint density at radius 3 is 2.53 bits per heavy atom. The topological polar surface area (TPSA) is 40.9 Å². The van der Waals surface area contributed by atoms with Gasteiger partial charge in [-0.2, -0.15) is 5.26 Å². The van der Waals surface area contributed by atoms with Gasteiger partial charge in [0.1, 0.15) is 6.07 Å². The van der Waals surface area contributed by atoms with Crippen molar-refractivity contribution in [2.45, 2.75) is 13.8 Å². The highest BCUT2D eigenvalue weighted by atomic mass is 35.5. The zero-order valence-corrected chi connectivity index (χ0v) is 11.0. The van der Waals surface area contributed by atoms with Crippen molar-refractivity contribution in [1.82, 2.24) is 0 Å². The Kier molecular flexibility index (Phi) is 4.74. The lowest BCUT2D eigenvalue weighted by Gasteiger charge is -2.03. The van der Waals surface area contributed by atoms with Gasteiger partial charge < -0.3 is 0 Å². The third-order valence-electron chi connectivity index (χ3n) is 2.17. The highest BCUT2D eigenvalue weighted by Crippen LogP contribution is 2.23. The number of halogens is 2. The smallest absolute Gasteiger partial charge is 0.175 e. The molecule has 0 atom stereocenters. The quantitative estimate of drug-likeness (QED) is 0.611. The Morgan fingerprint density at radius 1 is 1.41 bits per heavy atom. The average Bonchev–Trinajstić information content (AvgIpc) is 2.27. The first-order valence-corrected chi connectivity index (χ1v) is 5.82. The van der Waals surface area contributed by atoms with Crippen LogP contribution in [0.2, 0.25) is 10.0 Å². The van der Waals surface area contributed by atoms with E-state index in [1.54, 1.807) is 32.0 Å². The van der Waals surface area contributed by atoms with Crippen LogP contribution in [0.15, 0.2) is 23.8 Å². The summed E-state index contributed by atoms with van der Waals surface area (Å²) in [7, 11) is 0. The van der Waals surface area contributed by atoms with Gasteiger partial charge in [-0.05, 0) is 23.8 Å². The van der Waals surface area contributed by atoms with E-state index in [-0.39, 0.29) is 17.3 Å². The summed E-state index contributed by atoms with van der Waals surface area (Å²) in [5.74, 6) is -0.412. The fraction of sp³-hybridized carbons (Fsp3) is 0.231. The van der Waals surface area contributed by atoms with Crippen molar-refractivity contribution in [3.8, 4) is 6.07 Å². The minimum Gasteiger partial charge on any atom is -0.293 e. The maximum absolute atomic E-state index is 11.7. The molecule has 0 amide bonds. The Bertz CT molecular complexity index is 513. The molecular formula is C13H11Cl2NO. The van der Waals surface area contributed by atoms with E-state index >= 15 is 0 Å². The molecule has 0 aliphatic rings. The fourth-order valence-corrected chi connectivity index (χ4v) is 1.71. The summed E-state index contributed by atoms with van der Waals surface area (Å²) in [6.45, 7) is 3.49. The van der Waals surface area contributed by atoms with E-state index in [0.29, 0.717) is 15.6 Å². The van der Waals surface area contributed by atoms with Gasteiger partial charge in [0, 0.05) is 16.0 Å². The minimum atomic E-state index is -0.216. The van der Waals surface area contributed by atoms with Gasteiger partial charge in [0.15, 0.2) is 5.78 Å². The molecule has 4 heteroatoms. The number of hydrogen-bond donors (Lipinski definition) is 0. The number of carbonyl (C=O) groups excluding carboxylic acids is 1. The Labute approximate surface area is 110 Å². The van der Waals surface area contributed by atoms with E-state index < -0.39 is 0 Å². The highest BCUT2D eigenvalue weighted by molar-refractivity contribution is 6.35. The SMILES string of the molecule is CC(C)C(=O)/C(C#N)=C/c1ccc(Cl)cc1Cl. The predicted octanol–water partition coefficient (Wildman–Crippen LogP) is 4.13. The minimum absolute atomic E-state index is 0.101. The normalized spacial score (nSPS) is 11.4. The van der Waals surface area contributed by atoms with E-state index in [4.69, 9.17) is 28.5 Å². The molecule has 0 saturated carbocycles. The molecule has 0 radical (unpaired) electrons. The molecule has 17 heavy (non-hydrogen) atoms. The summed E-state index contributed by atoms with van der Waals surface area (Å²) in [6.07, 6.45) is 1.49. The van der Waals surface area contributed by atoms with Gasteiger partial charge in [-0.25, -0.2) is 0 Å². The van der Waals surface area contributed by atoms with Crippen LogP contribution in [0.4, 0.5) is 0 Å². The van der Waals surface area contributed by atoms with Crippen LogP contribution in [-0.2, 0) is 4.79 Å². The van der Waals surface area contributed by atoms with Crippen LogP contribution in [-0.4, -0.2) is 5.78 Å². The number of nitrogens with zero attached hydrogens (tertiary/aromatic N) is 1. The van der Waals surface area contributed by atoms with Crippen LogP contribution >= 0.6 is 23.2 Å². The van der Waals surface area contributed by atoms with E-state index in [2.05, 4.69) is 0 Å². The van der Waals surface area contributed by atoms with Gasteiger partial charge in [0.2, 0.25) is 0 Å². The van der Waals surface area contributed by atoms with E-state index in [0.717, 1.165) is 0 Å². The van der Waals surface area contributed by atoms with Crippen molar-refractivity contribution in [1.29, 1.82) is 5.26 Å². The van der Waals surface area contributed by atoms with Gasteiger partial charge in [-0.3, -0.25) is 4.79 Å². The predicted molar refractivity (Wildman–Crippen MR) is 69.9 cm³/mol. The molecule has 0 bridgehead atoms. The van der Waals surface area contributed by atoms with Crippen molar-refractivity contribution >= 4 is 35.1 Å². The summed E-state index contributed by atoms with van der Waals surface area (Å²) >= 11 is 11.7. The molecular weight excluding hydrogens is 257 g/mol. The van der Waals surface area contributed by atoms with Gasteiger partial charge in [-0.1, -0.05) is 43.1 Å². The second kappa shape index (κ2) is 5.86. The van der Waals surface area contributed by atoms with Gasteiger partial charge in [0.25, 0.3) is 0 Å². The van der Waals surface area contributed by atoms with Crippen LogP contribution in [0.1, 0.15) is 19.4 Å². The lowest BCUT2D eigenvalue weighted by Crippen LogP contribution is -2.08. The van der Waals surface area contributed by atoms with Crippen LogP contribution in [0.3, 0.4) is 0 Å². The molecule has 0 N–H and O–H groups in total. The first-order chi connectivity index (χ1) is 7.95. The van der Waals surface area contributed by atoms with Crippen LogP contribution < -0.4 is 0 Å². The zero-order chi connectivity index (χ0) is 13.0. The summed E-state index contributed by atoms with van der Waals surface area (Å²) < 4.78 is 0. The first kappa shape index (κ1) is 13.8. The highest BCUT2D eigenvalue weighted by Gasteiger charge is 2.13. The van der Waals surface area contributed by atoms with Crippen LogP contribution in [0.25, 0.3) is 6.08 Å². The van der Waals surface area contributed by atoms with E-state index in [1.165, 1.54) is 6.08 Å². The van der Waals surface area contributed by atoms with Crippen LogP contribution in [0, 0.1) is 17.2 Å². The third kappa shape index (κ3) is 3.59. The fourth-order valence-electron chi connectivity index (χ4n) is 1.24. The standard InChI is InChI=1S/C13H11Cl2NO/c1-8(2)13(17)10(7-16)5-9-3-4-11(14)6-12(9)15/h3-6,8H,1-2H3/b10-5+. The molecule has 1 aromatic carbocycles. The molecule has 0 spiro atoms. The molecule has 1 aromatic rings. The van der Waals surface area contributed by atoms with Gasteiger partial charge in [0.05, 0.1) is 5.57 Å². The molecule has 0 aromatic heterocycles. The van der Waals surface area contributed by atoms with Crippen LogP contribution in [0.5, 0.6) is 0 Å². The summed E-state index contributed by atoms with van der Waals surface area (Å²) in [5, 5.41) is 9.88. The number of ketones is 1. The number of Topliss-reactive ketones (excluding diaryl/α,β-unsaturated/α-hetero) is 1. The lowest BCUT2D eigenvalue weighted by atomic mass is 10.00. The number of benzene rings is 1. The van der Waals surface area contributed by atoms with Crippen molar-refractivity contribution in [2.24, 2.45) is 5.92 Å². The molecule has 88 valence electrons. The number of nitriles is 1. The third-order valence-corrected chi connectivity index (χ3v) is 2.74. The molecule has 0 fully saturated rings. The average molecular weight is 268 g/mol. The van der Waals surface area contributed by atoms with Gasteiger partial charge >= 0.3 is 0 Å². The molecule has 0 unspecified atom stereocenters.